The summed E-state index contributed by atoms with van der Waals surface area (Å²) in [5.74, 6) is 5.79. The molecule has 0 saturated carbocycles. The molecule has 0 aliphatic rings. The lowest BCUT2D eigenvalue weighted by molar-refractivity contribution is 0.195. The summed E-state index contributed by atoms with van der Waals surface area (Å²) in [5, 5.41) is 6.88. The lowest BCUT2D eigenvalue weighted by Gasteiger charge is -2.22. The summed E-state index contributed by atoms with van der Waals surface area (Å²) in [5.41, 5.74) is 0.0503. The first kappa shape index (κ1) is 13.2. The quantitative estimate of drug-likeness (QED) is 0.313. The number of rotatable bonds is 4. The summed E-state index contributed by atoms with van der Waals surface area (Å²) in [7, 11) is 0. The highest BCUT2D eigenvalue weighted by Crippen LogP contribution is 2.00. The third-order valence-corrected chi connectivity index (χ3v) is 1.83. The van der Waals surface area contributed by atoms with Gasteiger partial charge in [-0.2, -0.15) is 0 Å². The Hall–Kier alpha value is -0.770. The zero-order chi connectivity index (χ0) is 11.2. The van der Waals surface area contributed by atoms with E-state index in [1.54, 1.807) is 0 Å². The molecule has 0 radical (unpaired) electrons. The second kappa shape index (κ2) is 5.86. The van der Waals surface area contributed by atoms with Crippen LogP contribution in [-0.4, -0.2) is 24.1 Å². The predicted octanol–water partition coefficient (Wildman–Crippen LogP) is 1.46. The van der Waals surface area contributed by atoms with Crippen LogP contribution in [0.1, 0.15) is 41.0 Å². The van der Waals surface area contributed by atoms with Crippen molar-refractivity contribution in [3.63, 3.8) is 0 Å². The summed E-state index contributed by atoms with van der Waals surface area (Å²) < 4.78 is 5.51. The minimum absolute atomic E-state index is 0.0503. The van der Waals surface area contributed by atoms with Crippen LogP contribution in [0.2, 0.25) is 0 Å². The summed E-state index contributed by atoms with van der Waals surface area (Å²) in [6, 6.07) is 0. The SMILES string of the molecule is CCC(C)O/C(CNC(C)(C)C)=N\N. The van der Waals surface area contributed by atoms with Gasteiger partial charge in [-0.05, 0) is 34.1 Å². The van der Waals surface area contributed by atoms with Crippen LogP contribution < -0.4 is 11.2 Å². The molecule has 0 fully saturated rings. The van der Waals surface area contributed by atoms with Gasteiger partial charge in [0.05, 0.1) is 12.6 Å². The third-order valence-electron chi connectivity index (χ3n) is 1.83. The fraction of sp³-hybridized carbons (Fsp3) is 0.900. The van der Waals surface area contributed by atoms with Gasteiger partial charge in [-0.1, -0.05) is 6.92 Å². The van der Waals surface area contributed by atoms with Crippen LogP contribution in [0.4, 0.5) is 0 Å². The Labute approximate surface area is 86.9 Å². The fourth-order valence-corrected chi connectivity index (χ4v) is 0.774. The van der Waals surface area contributed by atoms with Gasteiger partial charge in [-0.3, -0.25) is 0 Å². The first-order chi connectivity index (χ1) is 6.39. The van der Waals surface area contributed by atoms with Gasteiger partial charge in [0.25, 0.3) is 0 Å². The van der Waals surface area contributed by atoms with Gasteiger partial charge in [0.15, 0.2) is 0 Å². The van der Waals surface area contributed by atoms with E-state index in [-0.39, 0.29) is 11.6 Å². The molecule has 0 spiro atoms. The normalized spacial score (nSPS) is 15.4. The van der Waals surface area contributed by atoms with Gasteiger partial charge in [0, 0.05) is 5.54 Å². The molecule has 14 heavy (non-hydrogen) atoms. The monoisotopic (exact) mass is 201 g/mol. The number of ether oxygens (including phenoxy) is 1. The largest absolute Gasteiger partial charge is 0.476 e. The van der Waals surface area contributed by atoms with E-state index in [0.717, 1.165) is 6.42 Å². The van der Waals surface area contributed by atoms with Crippen LogP contribution in [0.5, 0.6) is 0 Å². The highest BCUT2D eigenvalue weighted by molar-refractivity contribution is 5.78. The Morgan fingerprint density at radius 1 is 1.50 bits per heavy atom. The molecule has 84 valence electrons. The number of hydrogen-bond acceptors (Lipinski definition) is 4. The Balaban J connectivity index is 3.94. The van der Waals surface area contributed by atoms with Crippen molar-refractivity contribution in [3.05, 3.63) is 0 Å². The van der Waals surface area contributed by atoms with E-state index in [1.165, 1.54) is 0 Å². The van der Waals surface area contributed by atoms with E-state index in [1.807, 2.05) is 6.92 Å². The van der Waals surface area contributed by atoms with Crippen LogP contribution in [0, 0.1) is 0 Å². The summed E-state index contributed by atoms with van der Waals surface area (Å²) in [6.45, 7) is 10.9. The zero-order valence-corrected chi connectivity index (χ0v) is 9.92. The molecule has 0 amide bonds. The Kier molecular flexibility index (Phi) is 5.53. The molecule has 0 saturated heterocycles. The van der Waals surface area contributed by atoms with E-state index < -0.39 is 0 Å². The second-order valence-electron chi connectivity index (χ2n) is 4.46. The van der Waals surface area contributed by atoms with E-state index in [0.29, 0.717) is 12.4 Å². The minimum atomic E-state index is 0.0503. The maximum absolute atomic E-state index is 5.51. The van der Waals surface area contributed by atoms with Gasteiger partial charge in [-0.25, -0.2) is 0 Å². The van der Waals surface area contributed by atoms with Gasteiger partial charge in [0.1, 0.15) is 0 Å². The van der Waals surface area contributed by atoms with E-state index in [9.17, 15) is 0 Å². The number of nitrogens with two attached hydrogens (primary N) is 1. The molecular weight excluding hydrogens is 178 g/mol. The fourth-order valence-electron chi connectivity index (χ4n) is 0.774. The Bertz CT molecular complexity index is 184. The number of nitrogens with one attached hydrogen (secondary N) is 1. The van der Waals surface area contributed by atoms with Crippen molar-refractivity contribution in [3.8, 4) is 0 Å². The topological polar surface area (TPSA) is 59.6 Å². The van der Waals surface area contributed by atoms with Crippen molar-refractivity contribution in [2.24, 2.45) is 10.9 Å². The lowest BCUT2D eigenvalue weighted by atomic mass is 10.1. The predicted molar refractivity (Wildman–Crippen MR) is 60.2 cm³/mol. The molecule has 0 rings (SSSR count). The van der Waals surface area contributed by atoms with Gasteiger partial charge < -0.3 is 15.9 Å². The molecule has 4 nitrogen and oxygen atoms in total. The molecule has 0 bridgehead atoms. The van der Waals surface area contributed by atoms with E-state index in [4.69, 9.17) is 10.6 Å². The minimum Gasteiger partial charge on any atom is -0.476 e. The van der Waals surface area contributed by atoms with Gasteiger partial charge >= 0.3 is 0 Å². The molecule has 0 aromatic heterocycles. The van der Waals surface area contributed by atoms with Gasteiger partial charge in [0.2, 0.25) is 5.90 Å². The molecule has 3 N–H and O–H groups in total. The number of nitrogens with zero attached hydrogens (tertiary/aromatic N) is 1. The first-order valence-electron chi connectivity index (χ1n) is 5.07. The molecule has 0 aromatic carbocycles. The summed E-state index contributed by atoms with van der Waals surface area (Å²) in [6.07, 6.45) is 1.12. The molecule has 0 aromatic rings. The molecule has 1 atom stereocenters. The first-order valence-corrected chi connectivity index (χ1v) is 5.07. The van der Waals surface area contributed by atoms with Crippen molar-refractivity contribution in [1.29, 1.82) is 0 Å². The van der Waals surface area contributed by atoms with E-state index in [2.05, 4.69) is 38.1 Å². The van der Waals surface area contributed by atoms with Crippen molar-refractivity contribution >= 4 is 5.90 Å². The summed E-state index contributed by atoms with van der Waals surface area (Å²) >= 11 is 0. The third kappa shape index (κ3) is 6.71. The smallest absolute Gasteiger partial charge is 0.219 e. The van der Waals surface area contributed by atoms with E-state index >= 15 is 0 Å². The summed E-state index contributed by atoms with van der Waals surface area (Å²) in [4.78, 5) is 0. The van der Waals surface area contributed by atoms with Crippen LogP contribution in [0.25, 0.3) is 0 Å². The van der Waals surface area contributed by atoms with Crippen molar-refractivity contribution < 1.29 is 4.74 Å². The van der Waals surface area contributed by atoms with Crippen LogP contribution >= 0.6 is 0 Å². The molecule has 4 heteroatoms. The van der Waals surface area contributed by atoms with Crippen molar-refractivity contribution in [1.82, 2.24) is 5.32 Å². The standard InChI is InChI=1S/C10H23N3O/c1-6-8(2)14-9(13-11)7-12-10(3,4)5/h8,12H,6-7,11H2,1-5H3/b13-9-. The van der Waals surface area contributed by atoms with Crippen LogP contribution in [0.15, 0.2) is 5.10 Å². The molecule has 0 heterocycles. The van der Waals surface area contributed by atoms with Crippen LogP contribution in [-0.2, 0) is 4.74 Å². The highest BCUT2D eigenvalue weighted by Gasteiger charge is 2.12. The maximum Gasteiger partial charge on any atom is 0.219 e. The van der Waals surface area contributed by atoms with Crippen LogP contribution in [0.3, 0.4) is 0 Å². The second-order valence-corrected chi connectivity index (χ2v) is 4.46. The molecule has 0 aliphatic carbocycles. The van der Waals surface area contributed by atoms with Gasteiger partial charge in [-0.15, -0.1) is 5.10 Å². The average Bonchev–Trinajstić information content (AvgIpc) is 2.10. The number of hydrazone groups is 1. The average molecular weight is 201 g/mol. The van der Waals surface area contributed by atoms with Crippen molar-refractivity contribution in [2.75, 3.05) is 6.54 Å². The maximum atomic E-state index is 5.51. The zero-order valence-electron chi connectivity index (χ0n) is 9.92. The molecule has 0 aliphatic heterocycles. The highest BCUT2D eigenvalue weighted by atomic mass is 16.5. The molecular formula is C10H23N3O. The van der Waals surface area contributed by atoms with Crippen molar-refractivity contribution in [2.45, 2.75) is 52.7 Å². The lowest BCUT2D eigenvalue weighted by Crippen LogP contribution is -2.40. The Morgan fingerprint density at radius 3 is 2.43 bits per heavy atom. The Morgan fingerprint density at radius 2 is 2.07 bits per heavy atom. The molecule has 1 unspecified atom stereocenters. The number of hydrogen-bond donors (Lipinski definition) is 2.